The molecular formula is C25H22FN3O6. The van der Waals surface area contributed by atoms with Crippen LogP contribution >= 0.6 is 0 Å². The van der Waals surface area contributed by atoms with Crippen LogP contribution in [0.1, 0.15) is 29.7 Å². The van der Waals surface area contributed by atoms with Gasteiger partial charge in [0.15, 0.2) is 5.75 Å². The Kier molecular flexibility index (Phi) is 6.54. The summed E-state index contributed by atoms with van der Waals surface area (Å²) in [5.41, 5.74) is 1.87. The Balaban J connectivity index is 2.00. The van der Waals surface area contributed by atoms with Gasteiger partial charge in [-0.05, 0) is 66.1 Å². The highest BCUT2D eigenvalue weighted by Crippen LogP contribution is 2.44. The molecule has 0 spiro atoms. The number of carbonyl (C=O) groups excluding carboxylic acids is 1. The topological polar surface area (TPSA) is 123 Å². The number of nitrogens with zero attached hydrogens (tertiary/aromatic N) is 1. The molecule has 3 aromatic rings. The number of hydrogen-bond acceptors (Lipinski definition) is 6. The summed E-state index contributed by atoms with van der Waals surface area (Å²) in [6.45, 7) is 1.84. The van der Waals surface area contributed by atoms with E-state index in [0.717, 1.165) is 0 Å². The smallest absolute Gasteiger partial charge is 0.320 e. The van der Waals surface area contributed by atoms with E-state index in [1.807, 2.05) is 0 Å². The van der Waals surface area contributed by atoms with Crippen molar-refractivity contribution in [3.05, 3.63) is 93.3 Å². The van der Waals surface area contributed by atoms with Crippen LogP contribution in [0.15, 0.2) is 60.7 Å². The highest BCUT2D eigenvalue weighted by molar-refractivity contribution is 6.03. The van der Waals surface area contributed by atoms with Crippen molar-refractivity contribution in [3.63, 3.8) is 0 Å². The van der Waals surface area contributed by atoms with E-state index in [0.29, 0.717) is 33.7 Å². The minimum absolute atomic E-state index is 0.0854. The number of amides is 2. The van der Waals surface area contributed by atoms with Crippen molar-refractivity contribution < 1.29 is 28.7 Å². The van der Waals surface area contributed by atoms with Crippen LogP contribution in [0.4, 0.5) is 14.9 Å². The van der Waals surface area contributed by atoms with E-state index in [-0.39, 0.29) is 12.4 Å². The first-order valence-corrected chi connectivity index (χ1v) is 10.7. The molecule has 2 amide bonds. The molecule has 35 heavy (non-hydrogen) atoms. The van der Waals surface area contributed by atoms with Gasteiger partial charge in [0.25, 0.3) is 0 Å². The van der Waals surface area contributed by atoms with E-state index in [1.54, 1.807) is 31.2 Å². The molecule has 0 saturated carbocycles. The molecule has 0 radical (unpaired) electrons. The normalized spacial score (nSPS) is 15.3. The van der Waals surface area contributed by atoms with Crippen LogP contribution in [0.25, 0.3) is 11.3 Å². The number of nitro benzene ring substituents is 1. The molecule has 4 rings (SSSR count). The Morgan fingerprint density at radius 2 is 1.86 bits per heavy atom. The maximum atomic E-state index is 13.6. The molecule has 9 nitrogen and oxygen atoms in total. The molecule has 3 N–H and O–H groups in total. The number of phenols is 1. The summed E-state index contributed by atoms with van der Waals surface area (Å²) in [7, 11) is 1.52. The Morgan fingerprint density at radius 1 is 1.11 bits per heavy atom. The minimum Gasteiger partial charge on any atom is -0.500 e. The number of nitro groups is 1. The largest absolute Gasteiger partial charge is 0.500 e. The van der Waals surface area contributed by atoms with E-state index in [4.69, 9.17) is 9.47 Å². The SMILES string of the molecule is CCOc1cc(C2NC(=O)NC(c3ccc(F)cc3)=C2c2cccc(OC)c2)cc([N+](=O)[O-])c1O. The zero-order chi connectivity index (χ0) is 25.1. The zero-order valence-electron chi connectivity index (χ0n) is 18.9. The van der Waals surface area contributed by atoms with Crippen molar-refractivity contribution in [1.82, 2.24) is 10.6 Å². The number of ether oxygens (including phenoxy) is 2. The number of phenolic OH excluding ortho intramolecular Hbond substituents is 1. The lowest BCUT2D eigenvalue weighted by Crippen LogP contribution is -2.43. The van der Waals surface area contributed by atoms with Gasteiger partial charge in [0.05, 0.1) is 30.4 Å². The lowest BCUT2D eigenvalue weighted by atomic mass is 9.87. The maximum absolute atomic E-state index is 13.6. The fraction of sp³-hybridized carbons (Fsp3) is 0.160. The third kappa shape index (κ3) is 4.72. The predicted molar refractivity (Wildman–Crippen MR) is 127 cm³/mol. The molecule has 180 valence electrons. The summed E-state index contributed by atoms with van der Waals surface area (Å²) in [6, 6.07) is 13.9. The highest BCUT2D eigenvalue weighted by Gasteiger charge is 2.33. The number of halogens is 1. The fourth-order valence-corrected chi connectivity index (χ4v) is 3.95. The van der Waals surface area contributed by atoms with Gasteiger partial charge in [0, 0.05) is 11.6 Å². The Labute approximate surface area is 200 Å². The number of urea groups is 1. The second-order valence-corrected chi connectivity index (χ2v) is 7.64. The van der Waals surface area contributed by atoms with Crippen LogP contribution < -0.4 is 20.1 Å². The van der Waals surface area contributed by atoms with E-state index >= 15 is 0 Å². The lowest BCUT2D eigenvalue weighted by molar-refractivity contribution is -0.386. The molecule has 1 unspecified atom stereocenters. The number of hydrogen-bond donors (Lipinski definition) is 3. The van der Waals surface area contributed by atoms with Crippen LogP contribution in [0, 0.1) is 15.9 Å². The summed E-state index contributed by atoms with van der Waals surface area (Å²) >= 11 is 0. The molecule has 1 aliphatic rings. The van der Waals surface area contributed by atoms with Crippen molar-refractivity contribution in [2.24, 2.45) is 0 Å². The summed E-state index contributed by atoms with van der Waals surface area (Å²) in [4.78, 5) is 23.7. The van der Waals surface area contributed by atoms with Crippen molar-refractivity contribution in [2.75, 3.05) is 13.7 Å². The molecule has 1 heterocycles. The van der Waals surface area contributed by atoms with Gasteiger partial charge >= 0.3 is 11.7 Å². The molecule has 1 atom stereocenters. The van der Waals surface area contributed by atoms with Gasteiger partial charge in [-0.15, -0.1) is 0 Å². The predicted octanol–water partition coefficient (Wildman–Crippen LogP) is 4.77. The van der Waals surface area contributed by atoms with Gasteiger partial charge in [-0.1, -0.05) is 12.1 Å². The van der Waals surface area contributed by atoms with E-state index < -0.39 is 34.3 Å². The summed E-state index contributed by atoms with van der Waals surface area (Å²) < 4.78 is 24.4. The summed E-state index contributed by atoms with van der Waals surface area (Å²) in [6.07, 6.45) is 0. The van der Waals surface area contributed by atoms with Gasteiger partial charge in [-0.25, -0.2) is 9.18 Å². The summed E-state index contributed by atoms with van der Waals surface area (Å²) in [5.74, 6) is -0.579. The number of rotatable bonds is 7. The third-order valence-electron chi connectivity index (χ3n) is 5.49. The van der Waals surface area contributed by atoms with Crippen molar-refractivity contribution in [2.45, 2.75) is 13.0 Å². The number of aromatic hydroxyl groups is 1. The standard InChI is InChI=1S/C25H22FN3O6/c1-3-35-20-13-16(12-19(24(20)30)29(32)33)23-21(15-5-4-6-18(11-15)34-2)22(27-25(31)28-23)14-7-9-17(26)10-8-14/h4-13,23,30H,3H2,1-2H3,(H2,27,28,31). The van der Waals surface area contributed by atoms with Crippen molar-refractivity contribution in [1.29, 1.82) is 0 Å². The highest BCUT2D eigenvalue weighted by atomic mass is 19.1. The molecule has 0 aromatic heterocycles. The molecule has 0 bridgehead atoms. The van der Waals surface area contributed by atoms with Crippen molar-refractivity contribution in [3.8, 4) is 17.2 Å². The molecule has 3 aromatic carbocycles. The molecule has 0 saturated heterocycles. The van der Waals surface area contributed by atoms with Gasteiger partial charge in [0.2, 0.25) is 5.75 Å². The first-order chi connectivity index (χ1) is 16.8. The molecule has 10 heteroatoms. The number of nitrogens with one attached hydrogen (secondary N) is 2. The van der Waals surface area contributed by atoms with E-state index in [2.05, 4.69) is 10.6 Å². The Hall–Kier alpha value is -4.60. The van der Waals surface area contributed by atoms with E-state index in [1.165, 1.54) is 43.5 Å². The quantitative estimate of drug-likeness (QED) is 0.331. The maximum Gasteiger partial charge on any atom is 0.320 e. The first-order valence-electron chi connectivity index (χ1n) is 10.7. The van der Waals surface area contributed by atoms with Crippen molar-refractivity contribution >= 4 is 23.0 Å². The number of benzene rings is 3. The Bertz CT molecular complexity index is 1320. The zero-order valence-corrected chi connectivity index (χ0v) is 18.9. The lowest BCUT2D eigenvalue weighted by Gasteiger charge is -2.31. The van der Waals surface area contributed by atoms with Crippen LogP contribution in [-0.2, 0) is 0 Å². The van der Waals surface area contributed by atoms with Crippen LogP contribution in [0.2, 0.25) is 0 Å². The molecule has 1 aliphatic heterocycles. The number of methoxy groups -OCH3 is 1. The third-order valence-corrected chi connectivity index (χ3v) is 5.49. The molecule has 0 aliphatic carbocycles. The molecule has 0 fully saturated rings. The van der Waals surface area contributed by atoms with E-state index in [9.17, 15) is 24.4 Å². The van der Waals surface area contributed by atoms with Gasteiger partial charge in [0.1, 0.15) is 11.6 Å². The van der Waals surface area contributed by atoms with Crippen LogP contribution in [-0.4, -0.2) is 29.8 Å². The average Bonchev–Trinajstić information content (AvgIpc) is 2.85. The minimum atomic E-state index is -0.880. The number of carbonyl (C=O) groups is 1. The van der Waals surface area contributed by atoms with Gasteiger partial charge in [-0.3, -0.25) is 10.1 Å². The Morgan fingerprint density at radius 3 is 2.51 bits per heavy atom. The first kappa shape index (κ1) is 23.6. The van der Waals surface area contributed by atoms with Crippen LogP contribution in [0.5, 0.6) is 17.2 Å². The monoisotopic (exact) mass is 479 g/mol. The van der Waals surface area contributed by atoms with Gasteiger partial charge < -0.3 is 25.2 Å². The second-order valence-electron chi connectivity index (χ2n) is 7.64. The summed E-state index contributed by atoms with van der Waals surface area (Å²) in [5, 5.41) is 27.6. The van der Waals surface area contributed by atoms with Crippen LogP contribution in [0.3, 0.4) is 0 Å². The second kappa shape index (κ2) is 9.72. The fourth-order valence-electron chi connectivity index (χ4n) is 3.95. The average molecular weight is 479 g/mol. The van der Waals surface area contributed by atoms with Gasteiger partial charge in [-0.2, -0.15) is 0 Å². The molecular weight excluding hydrogens is 457 g/mol.